The standard InChI is InChI=1S/C22H25FO4/c1-10(24)27-19-14-5-4-11-13(22(14,3)16-8-12(16)18(19)25)6-7-21(2)15(11)9-17(23)20(21)26/h4-5,11-13,15-17H,6-9H2,1-3H3/t11-,12?,13+,15+,16?,17-,21+,22-/m1/s1. The van der Waals surface area contributed by atoms with Gasteiger partial charge in [0.15, 0.2) is 17.7 Å². The summed E-state index contributed by atoms with van der Waals surface area (Å²) in [7, 11) is 0. The van der Waals surface area contributed by atoms with Crippen LogP contribution < -0.4 is 0 Å². The molecule has 0 N–H and O–H groups in total. The maximum Gasteiger partial charge on any atom is 0.308 e. The summed E-state index contributed by atoms with van der Waals surface area (Å²) in [5.41, 5.74) is 0.0170. The van der Waals surface area contributed by atoms with Gasteiger partial charge in [0.05, 0.1) is 0 Å². The molecule has 144 valence electrons. The zero-order valence-corrected chi connectivity index (χ0v) is 16.0. The fourth-order valence-electron chi connectivity index (χ4n) is 7.00. The van der Waals surface area contributed by atoms with E-state index in [0.717, 1.165) is 18.4 Å². The van der Waals surface area contributed by atoms with Gasteiger partial charge in [-0.3, -0.25) is 14.4 Å². The van der Waals surface area contributed by atoms with Gasteiger partial charge in [-0.15, -0.1) is 0 Å². The van der Waals surface area contributed by atoms with Crippen LogP contribution >= 0.6 is 0 Å². The van der Waals surface area contributed by atoms with Gasteiger partial charge in [0, 0.05) is 29.2 Å². The Labute approximate surface area is 158 Å². The molecule has 0 heterocycles. The molecule has 5 aliphatic rings. The molecule has 0 spiro atoms. The van der Waals surface area contributed by atoms with Crippen molar-refractivity contribution < 1.29 is 23.5 Å². The number of ether oxygens (including phenoxy) is 1. The molecule has 0 aliphatic heterocycles. The summed E-state index contributed by atoms with van der Waals surface area (Å²) in [6.07, 6.45) is 5.32. The van der Waals surface area contributed by atoms with E-state index >= 15 is 0 Å². The van der Waals surface area contributed by atoms with Gasteiger partial charge in [0.2, 0.25) is 5.78 Å². The molecule has 0 bridgehead atoms. The Morgan fingerprint density at radius 1 is 1.19 bits per heavy atom. The monoisotopic (exact) mass is 372 g/mol. The number of hydrogen-bond acceptors (Lipinski definition) is 4. The fourth-order valence-corrected chi connectivity index (χ4v) is 7.00. The van der Waals surface area contributed by atoms with Gasteiger partial charge >= 0.3 is 5.97 Å². The lowest BCUT2D eigenvalue weighted by molar-refractivity contribution is -0.142. The summed E-state index contributed by atoms with van der Waals surface area (Å²) in [6, 6.07) is 0. The highest BCUT2D eigenvalue weighted by Gasteiger charge is 2.68. The minimum absolute atomic E-state index is 0.0142. The molecule has 27 heavy (non-hydrogen) atoms. The second-order valence-corrected chi connectivity index (χ2v) is 9.61. The third kappa shape index (κ3) is 2.01. The van der Waals surface area contributed by atoms with Crippen LogP contribution in [0.5, 0.6) is 0 Å². The van der Waals surface area contributed by atoms with E-state index in [2.05, 4.69) is 13.0 Å². The molecule has 8 atom stereocenters. The Morgan fingerprint density at radius 2 is 1.93 bits per heavy atom. The molecule has 5 heteroatoms. The van der Waals surface area contributed by atoms with Crippen LogP contribution in [0.15, 0.2) is 23.5 Å². The number of carbonyl (C=O) groups is 3. The van der Waals surface area contributed by atoms with Crippen molar-refractivity contribution in [3.8, 4) is 0 Å². The minimum Gasteiger partial charge on any atom is -0.423 e. The first-order valence-electron chi connectivity index (χ1n) is 10.0. The van der Waals surface area contributed by atoms with Crippen molar-refractivity contribution in [2.45, 2.75) is 52.6 Å². The van der Waals surface area contributed by atoms with Crippen LogP contribution in [-0.2, 0) is 19.1 Å². The largest absolute Gasteiger partial charge is 0.423 e. The number of esters is 1. The van der Waals surface area contributed by atoms with E-state index in [1.807, 2.05) is 13.0 Å². The van der Waals surface area contributed by atoms with Crippen molar-refractivity contribution >= 4 is 17.5 Å². The van der Waals surface area contributed by atoms with Crippen molar-refractivity contribution in [1.82, 2.24) is 0 Å². The van der Waals surface area contributed by atoms with Gasteiger partial charge < -0.3 is 4.74 Å². The molecule has 0 saturated heterocycles. The number of rotatable bonds is 1. The van der Waals surface area contributed by atoms with Gasteiger partial charge in [0.1, 0.15) is 0 Å². The minimum atomic E-state index is -1.35. The van der Waals surface area contributed by atoms with Crippen LogP contribution in [0, 0.1) is 40.4 Å². The summed E-state index contributed by atoms with van der Waals surface area (Å²) in [5, 5.41) is 0. The van der Waals surface area contributed by atoms with E-state index in [-0.39, 0.29) is 52.3 Å². The smallest absolute Gasteiger partial charge is 0.308 e. The number of halogens is 1. The number of allylic oxidation sites excluding steroid dienone is 4. The average Bonchev–Trinajstić information content (AvgIpc) is 3.38. The molecule has 0 amide bonds. The summed E-state index contributed by atoms with van der Waals surface area (Å²) >= 11 is 0. The fraction of sp³-hybridized carbons (Fsp3) is 0.682. The molecule has 3 saturated carbocycles. The first-order valence-corrected chi connectivity index (χ1v) is 10.0. The number of carbonyl (C=O) groups excluding carboxylic acids is 3. The Hall–Kier alpha value is -1.78. The van der Waals surface area contributed by atoms with Gasteiger partial charge in [-0.1, -0.05) is 26.0 Å². The van der Waals surface area contributed by atoms with Crippen molar-refractivity contribution in [3.63, 3.8) is 0 Å². The third-order valence-electron chi connectivity index (χ3n) is 8.48. The normalized spacial score (nSPS) is 49.9. The van der Waals surface area contributed by atoms with Crippen molar-refractivity contribution in [1.29, 1.82) is 0 Å². The van der Waals surface area contributed by atoms with Crippen molar-refractivity contribution in [2.75, 3.05) is 0 Å². The van der Waals surface area contributed by atoms with Crippen LogP contribution in [0.3, 0.4) is 0 Å². The van der Waals surface area contributed by atoms with Gasteiger partial charge in [0.25, 0.3) is 0 Å². The van der Waals surface area contributed by atoms with Crippen molar-refractivity contribution in [3.05, 3.63) is 23.5 Å². The maximum absolute atomic E-state index is 14.3. The van der Waals surface area contributed by atoms with E-state index in [4.69, 9.17) is 4.74 Å². The van der Waals surface area contributed by atoms with E-state index in [1.54, 1.807) is 0 Å². The molecule has 0 radical (unpaired) electrons. The Bertz CT molecular complexity index is 841. The highest BCUT2D eigenvalue weighted by Crippen LogP contribution is 2.70. The molecule has 0 aromatic heterocycles. The number of alkyl halides is 1. The lowest BCUT2D eigenvalue weighted by Crippen LogP contribution is -2.50. The maximum atomic E-state index is 14.3. The van der Waals surface area contributed by atoms with Crippen LogP contribution in [0.1, 0.15) is 46.5 Å². The molecule has 5 rings (SSSR count). The average molecular weight is 372 g/mol. The summed E-state index contributed by atoms with van der Waals surface area (Å²) in [4.78, 5) is 36.8. The summed E-state index contributed by atoms with van der Waals surface area (Å²) in [6.45, 7) is 5.45. The topological polar surface area (TPSA) is 60.4 Å². The predicted molar refractivity (Wildman–Crippen MR) is 95.0 cm³/mol. The zero-order chi connectivity index (χ0) is 19.3. The first-order chi connectivity index (χ1) is 12.7. The molecule has 4 nitrogen and oxygen atoms in total. The predicted octanol–water partition coefficient (Wildman–Crippen LogP) is 3.56. The summed E-state index contributed by atoms with van der Waals surface area (Å²) < 4.78 is 19.7. The second kappa shape index (κ2) is 5.18. The lowest BCUT2D eigenvalue weighted by atomic mass is 9.49. The van der Waals surface area contributed by atoms with Crippen LogP contribution in [0.2, 0.25) is 0 Å². The SMILES string of the molecule is CC(=O)OC1=C2C=C[C@H]3[C@@H]4C[C@@H](F)C(=O)[C@@]4(C)CC[C@@H]3[C@@]2(C)C2CC2C1=O. The molecule has 0 aromatic rings. The first kappa shape index (κ1) is 17.3. The molecule has 2 unspecified atom stereocenters. The van der Waals surface area contributed by atoms with Crippen LogP contribution in [0.25, 0.3) is 0 Å². The van der Waals surface area contributed by atoms with Crippen LogP contribution in [-0.4, -0.2) is 23.7 Å². The number of Topliss-reactive ketones (excluding diaryl/α,β-unsaturated/α-hetero) is 2. The Morgan fingerprint density at radius 3 is 2.63 bits per heavy atom. The number of ketones is 2. The number of fused-ring (bicyclic) bond motifs is 7. The second-order valence-electron chi connectivity index (χ2n) is 9.61. The highest BCUT2D eigenvalue weighted by molar-refractivity contribution is 6.02. The molecular weight excluding hydrogens is 347 g/mol. The molecule has 5 aliphatic carbocycles. The highest BCUT2D eigenvalue weighted by atomic mass is 19.1. The van der Waals surface area contributed by atoms with Crippen LogP contribution in [0.4, 0.5) is 4.39 Å². The van der Waals surface area contributed by atoms with Gasteiger partial charge in [-0.25, -0.2) is 4.39 Å². The zero-order valence-electron chi connectivity index (χ0n) is 16.0. The lowest BCUT2D eigenvalue weighted by Gasteiger charge is -2.54. The van der Waals surface area contributed by atoms with Gasteiger partial charge in [-0.05, 0) is 49.4 Å². The molecule has 0 aromatic carbocycles. The summed E-state index contributed by atoms with van der Waals surface area (Å²) in [5.74, 6) is 0.0734. The third-order valence-corrected chi connectivity index (χ3v) is 8.48. The Balaban J connectivity index is 1.62. The quantitative estimate of drug-likeness (QED) is 0.661. The molecular formula is C22H25FO4. The van der Waals surface area contributed by atoms with E-state index in [0.29, 0.717) is 12.8 Å². The number of hydrogen-bond donors (Lipinski definition) is 0. The van der Waals surface area contributed by atoms with Gasteiger partial charge in [-0.2, -0.15) is 0 Å². The Kier molecular flexibility index (Phi) is 3.32. The van der Waals surface area contributed by atoms with E-state index < -0.39 is 17.6 Å². The van der Waals surface area contributed by atoms with E-state index in [9.17, 15) is 18.8 Å². The van der Waals surface area contributed by atoms with E-state index in [1.165, 1.54) is 6.92 Å². The molecule has 3 fully saturated rings. The van der Waals surface area contributed by atoms with Crippen molar-refractivity contribution in [2.24, 2.45) is 40.4 Å².